The lowest BCUT2D eigenvalue weighted by Gasteiger charge is -2.23. The molecule has 0 spiro atoms. The molecule has 0 saturated heterocycles. The van der Waals surface area contributed by atoms with Crippen molar-refractivity contribution in [1.82, 2.24) is 0 Å². The van der Waals surface area contributed by atoms with Gasteiger partial charge in [-0.25, -0.2) is 0 Å². The molecule has 2 nitrogen and oxygen atoms in total. The molecule has 100 valence electrons. The van der Waals surface area contributed by atoms with Crippen LogP contribution in [0.2, 0.25) is 0 Å². The number of rotatable bonds is 3. The Kier molecular flexibility index (Phi) is 4.91. The van der Waals surface area contributed by atoms with Crippen LogP contribution in [-0.2, 0) is 0 Å². The number of methoxy groups -OCH3 is 1. The second-order valence-corrected chi connectivity index (χ2v) is 5.37. The maximum atomic E-state index is 5.25. The largest absolute Gasteiger partial charge is 0.497 e. The minimum absolute atomic E-state index is 0.650. The van der Waals surface area contributed by atoms with Crippen LogP contribution in [0.25, 0.3) is 0 Å². The summed E-state index contributed by atoms with van der Waals surface area (Å²) in [6.45, 7) is 2.15. The lowest BCUT2D eigenvalue weighted by molar-refractivity contribution is 0.414. The zero-order chi connectivity index (χ0) is 12.8. The molecule has 1 aromatic rings. The molecule has 2 heteroatoms. The molecule has 0 heterocycles. The van der Waals surface area contributed by atoms with Crippen LogP contribution in [0.1, 0.15) is 50.5 Å². The molecular formula is C16H25NO. The van der Waals surface area contributed by atoms with Crippen LogP contribution in [0.15, 0.2) is 18.2 Å². The van der Waals surface area contributed by atoms with E-state index in [1.165, 1.54) is 56.2 Å². The number of anilines is 1. The summed E-state index contributed by atoms with van der Waals surface area (Å²) >= 11 is 0. The summed E-state index contributed by atoms with van der Waals surface area (Å²) in [5.41, 5.74) is 2.54. The maximum Gasteiger partial charge on any atom is 0.119 e. The highest BCUT2D eigenvalue weighted by atomic mass is 16.5. The predicted molar refractivity (Wildman–Crippen MR) is 77.5 cm³/mol. The maximum absolute atomic E-state index is 5.25. The SMILES string of the molecule is COc1ccc(NC2CCCCCCC2)c(C)c1. The fourth-order valence-corrected chi connectivity index (χ4v) is 2.75. The van der Waals surface area contributed by atoms with Gasteiger partial charge in [-0.2, -0.15) is 0 Å². The van der Waals surface area contributed by atoms with Gasteiger partial charge in [-0.15, -0.1) is 0 Å². The molecule has 1 fully saturated rings. The van der Waals surface area contributed by atoms with E-state index in [4.69, 9.17) is 4.74 Å². The Morgan fingerprint density at radius 2 is 1.72 bits per heavy atom. The van der Waals surface area contributed by atoms with Crippen LogP contribution in [0.4, 0.5) is 5.69 Å². The first-order valence-electron chi connectivity index (χ1n) is 7.21. The molecule has 0 bridgehead atoms. The van der Waals surface area contributed by atoms with E-state index in [1.54, 1.807) is 7.11 Å². The van der Waals surface area contributed by atoms with Gasteiger partial charge in [-0.05, 0) is 43.5 Å². The number of hydrogen-bond acceptors (Lipinski definition) is 2. The normalized spacial score (nSPS) is 17.9. The monoisotopic (exact) mass is 247 g/mol. The Bertz CT molecular complexity index is 367. The molecule has 1 aliphatic carbocycles. The lowest BCUT2D eigenvalue weighted by atomic mass is 9.96. The molecule has 18 heavy (non-hydrogen) atoms. The second kappa shape index (κ2) is 6.67. The van der Waals surface area contributed by atoms with E-state index in [0.29, 0.717) is 6.04 Å². The number of hydrogen-bond donors (Lipinski definition) is 1. The lowest BCUT2D eigenvalue weighted by Crippen LogP contribution is -2.21. The van der Waals surface area contributed by atoms with Crippen molar-refractivity contribution in [1.29, 1.82) is 0 Å². The minimum Gasteiger partial charge on any atom is -0.497 e. The summed E-state index contributed by atoms with van der Waals surface area (Å²) in [5, 5.41) is 3.71. The third-order valence-electron chi connectivity index (χ3n) is 3.90. The summed E-state index contributed by atoms with van der Waals surface area (Å²) in [4.78, 5) is 0. The van der Waals surface area contributed by atoms with E-state index in [-0.39, 0.29) is 0 Å². The first kappa shape index (κ1) is 13.3. The van der Waals surface area contributed by atoms with Crippen molar-refractivity contribution < 1.29 is 4.74 Å². The highest BCUT2D eigenvalue weighted by Gasteiger charge is 2.12. The van der Waals surface area contributed by atoms with Crippen molar-refractivity contribution in [3.63, 3.8) is 0 Å². The zero-order valence-electron chi connectivity index (χ0n) is 11.7. The topological polar surface area (TPSA) is 21.3 Å². The smallest absolute Gasteiger partial charge is 0.119 e. The van der Waals surface area contributed by atoms with Crippen LogP contribution < -0.4 is 10.1 Å². The molecule has 2 rings (SSSR count). The Labute approximate surface area is 111 Å². The zero-order valence-corrected chi connectivity index (χ0v) is 11.7. The molecule has 0 unspecified atom stereocenters. The van der Waals surface area contributed by atoms with Gasteiger partial charge in [0.25, 0.3) is 0 Å². The van der Waals surface area contributed by atoms with Gasteiger partial charge in [-0.3, -0.25) is 0 Å². The average molecular weight is 247 g/mol. The Hall–Kier alpha value is -1.18. The van der Waals surface area contributed by atoms with Crippen LogP contribution in [0.3, 0.4) is 0 Å². The minimum atomic E-state index is 0.650. The van der Waals surface area contributed by atoms with E-state index in [1.807, 2.05) is 6.07 Å². The van der Waals surface area contributed by atoms with Gasteiger partial charge < -0.3 is 10.1 Å². The van der Waals surface area contributed by atoms with E-state index < -0.39 is 0 Å². The average Bonchev–Trinajstić information content (AvgIpc) is 2.34. The van der Waals surface area contributed by atoms with Gasteiger partial charge in [0.05, 0.1) is 7.11 Å². The van der Waals surface area contributed by atoms with E-state index in [9.17, 15) is 0 Å². The number of benzene rings is 1. The summed E-state index contributed by atoms with van der Waals surface area (Å²) in [7, 11) is 1.72. The third-order valence-corrected chi connectivity index (χ3v) is 3.90. The van der Waals surface area contributed by atoms with Crippen molar-refractivity contribution in [2.24, 2.45) is 0 Å². The number of aryl methyl sites for hydroxylation is 1. The van der Waals surface area contributed by atoms with Crippen molar-refractivity contribution in [3.8, 4) is 5.75 Å². The van der Waals surface area contributed by atoms with Crippen molar-refractivity contribution in [3.05, 3.63) is 23.8 Å². The second-order valence-electron chi connectivity index (χ2n) is 5.37. The Morgan fingerprint density at radius 3 is 2.33 bits per heavy atom. The standard InChI is InChI=1S/C16H25NO/c1-13-12-15(18-2)10-11-16(13)17-14-8-6-4-3-5-7-9-14/h10-12,14,17H,3-9H2,1-2H3. The van der Waals surface area contributed by atoms with Crippen molar-refractivity contribution >= 4 is 5.69 Å². The van der Waals surface area contributed by atoms with Crippen molar-refractivity contribution in [2.45, 2.75) is 57.9 Å². The summed E-state index contributed by atoms with van der Waals surface area (Å²) in [5.74, 6) is 0.940. The fraction of sp³-hybridized carbons (Fsp3) is 0.625. The molecule has 0 aliphatic heterocycles. The highest BCUT2D eigenvalue weighted by molar-refractivity contribution is 5.54. The van der Waals surface area contributed by atoms with E-state index in [0.717, 1.165) is 5.75 Å². The number of nitrogens with one attached hydrogen (secondary N) is 1. The third kappa shape index (κ3) is 3.66. The quantitative estimate of drug-likeness (QED) is 0.847. The predicted octanol–water partition coefficient (Wildman–Crippen LogP) is 4.53. The molecule has 0 aromatic heterocycles. The van der Waals surface area contributed by atoms with Gasteiger partial charge in [0.15, 0.2) is 0 Å². The van der Waals surface area contributed by atoms with Crippen LogP contribution in [0, 0.1) is 6.92 Å². The highest BCUT2D eigenvalue weighted by Crippen LogP contribution is 2.25. The van der Waals surface area contributed by atoms with E-state index in [2.05, 4.69) is 24.4 Å². The molecule has 1 aliphatic rings. The van der Waals surface area contributed by atoms with Crippen LogP contribution in [-0.4, -0.2) is 13.2 Å². The Morgan fingerprint density at radius 1 is 1.06 bits per heavy atom. The molecule has 0 atom stereocenters. The van der Waals surface area contributed by atoms with Gasteiger partial charge in [0, 0.05) is 11.7 Å². The fourth-order valence-electron chi connectivity index (χ4n) is 2.75. The van der Waals surface area contributed by atoms with Gasteiger partial charge in [0.2, 0.25) is 0 Å². The first-order chi connectivity index (χ1) is 8.79. The van der Waals surface area contributed by atoms with Gasteiger partial charge >= 0.3 is 0 Å². The number of ether oxygens (including phenoxy) is 1. The molecular weight excluding hydrogens is 222 g/mol. The first-order valence-corrected chi connectivity index (χ1v) is 7.21. The van der Waals surface area contributed by atoms with E-state index >= 15 is 0 Å². The summed E-state index contributed by atoms with van der Waals surface area (Å²) < 4.78 is 5.25. The molecule has 1 N–H and O–H groups in total. The van der Waals surface area contributed by atoms with Crippen LogP contribution in [0.5, 0.6) is 5.75 Å². The van der Waals surface area contributed by atoms with Gasteiger partial charge in [-0.1, -0.05) is 32.1 Å². The Balaban J connectivity index is 1.98. The summed E-state index contributed by atoms with van der Waals surface area (Å²) in [6, 6.07) is 6.94. The van der Waals surface area contributed by atoms with Gasteiger partial charge in [0.1, 0.15) is 5.75 Å². The molecule has 1 saturated carbocycles. The molecule has 1 aromatic carbocycles. The summed E-state index contributed by atoms with van der Waals surface area (Å²) in [6.07, 6.45) is 9.59. The van der Waals surface area contributed by atoms with Crippen molar-refractivity contribution in [2.75, 3.05) is 12.4 Å². The molecule has 0 amide bonds. The molecule has 0 radical (unpaired) electrons. The van der Waals surface area contributed by atoms with Crippen LogP contribution >= 0.6 is 0 Å².